The van der Waals surface area contributed by atoms with E-state index in [1.54, 1.807) is 24.4 Å². The first kappa shape index (κ1) is 22.1. The molecule has 0 heterocycles. The number of nitrogens with zero attached hydrogens (tertiary/aromatic N) is 2. The number of benzene rings is 3. The van der Waals surface area contributed by atoms with Crippen molar-refractivity contribution in [2.24, 2.45) is 5.10 Å². The van der Waals surface area contributed by atoms with E-state index in [4.69, 9.17) is 9.47 Å². The van der Waals surface area contributed by atoms with Crippen LogP contribution in [0, 0.1) is 0 Å². The van der Waals surface area contributed by atoms with Crippen LogP contribution in [0.2, 0.25) is 0 Å². The van der Waals surface area contributed by atoms with Crippen molar-refractivity contribution >= 4 is 12.1 Å². The van der Waals surface area contributed by atoms with Gasteiger partial charge in [0.15, 0.2) is 0 Å². The quantitative estimate of drug-likeness (QED) is 0.298. The van der Waals surface area contributed by atoms with Gasteiger partial charge in [-0.3, -0.25) is 4.79 Å². The maximum Gasteiger partial charge on any atom is 0.275 e. The number of carbonyl (C=O) groups excluding carboxylic acids is 1. The fourth-order valence-corrected chi connectivity index (χ4v) is 2.81. The number of amides is 1. The largest absolute Gasteiger partial charge is 0.494 e. The van der Waals surface area contributed by atoms with E-state index in [9.17, 15) is 4.79 Å². The number of para-hydroxylation sites is 2. The standard InChI is InChI=1S/C25H27N3O3/c1-28(2)17-8-18-30-21-15-13-20(14-16-21)19-26-27-25(29)23-11-6-7-12-24(23)31-22-9-4-3-5-10-22/h3-7,9-16,19H,8,17-18H2,1-2H3,(H,27,29). The van der Waals surface area contributed by atoms with Gasteiger partial charge in [-0.05, 0) is 74.6 Å². The number of nitrogens with one attached hydrogen (secondary N) is 1. The summed E-state index contributed by atoms with van der Waals surface area (Å²) in [6.45, 7) is 1.66. The Morgan fingerprint density at radius 3 is 2.39 bits per heavy atom. The third-order valence-corrected chi connectivity index (χ3v) is 4.38. The molecule has 3 aromatic carbocycles. The molecule has 0 atom stereocenters. The molecule has 1 N–H and O–H groups in total. The molecule has 1 amide bonds. The van der Waals surface area contributed by atoms with Crippen molar-refractivity contribution in [3.05, 3.63) is 90.0 Å². The molecule has 6 nitrogen and oxygen atoms in total. The first-order chi connectivity index (χ1) is 15.1. The lowest BCUT2D eigenvalue weighted by atomic mass is 10.2. The normalized spacial score (nSPS) is 10.9. The summed E-state index contributed by atoms with van der Waals surface area (Å²) in [4.78, 5) is 14.7. The van der Waals surface area contributed by atoms with Crippen LogP contribution in [-0.2, 0) is 0 Å². The third kappa shape index (κ3) is 7.28. The predicted molar refractivity (Wildman–Crippen MR) is 123 cm³/mol. The first-order valence-corrected chi connectivity index (χ1v) is 10.1. The van der Waals surface area contributed by atoms with E-state index in [0.717, 1.165) is 24.3 Å². The highest BCUT2D eigenvalue weighted by Crippen LogP contribution is 2.24. The van der Waals surface area contributed by atoms with E-state index in [1.165, 1.54) is 0 Å². The van der Waals surface area contributed by atoms with Gasteiger partial charge in [-0.15, -0.1) is 0 Å². The summed E-state index contributed by atoms with van der Waals surface area (Å²) < 4.78 is 11.6. The highest BCUT2D eigenvalue weighted by molar-refractivity contribution is 5.97. The lowest BCUT2D eigenvalue weighted by Crippen LogP contribution is -2.18. The second-order valence-electron chi connectivity index (χ2n) is 7.18. The van der Waals surface area contributed by atoms with Crippen molar-refractivity contribution in [2.75, 3.05) is 27.2 Å². The van der Waals surface area contributed by atoms with E-state index in [1.807, 2.05) is 74.8 Å². The lowest BCUT2D eigenvalue weighted by Gasteiger charge is -2.10. The number of hydrazone groups is 1. The lowest BCUT2D eigenvalue weighted by molar-refractivity contribution is 0.0953. The number of carbonyl (C=O) groups is 1. The van der Waals surface area contributed by atoms with Gasteiger partial charge in [-0.25, -0.2) is 5.43 Å². The minimum atomic E-state index is -0.344. The third-order valence-electron chi connectivity index (χ3n) is 4.38. The van der Waals surface area contributed by atoms with Crippen LogP contribution < -0.4 is 14.9 Å². The highest BCUT2D eigenvalue weighted by Gasteiger charge is 2.12. The highest BCUT2D eigenvalue weighted by atomic mass is 16.5. The Morgan fingerprint density at radius 2 is 1.65 bits per heavy atom. The summed E-state index contributed by atoms with van der Waals surface area (Å²) in [5.74, 6) is 1.60. The average molecular weight is 418 g/mol. The molecule has 0 fully saturated rings. The maximum atomic E-state index is 12.6. The summed E-state index contributed by atoms with van der Waals surface area (Å²) >= 11 is 0. The Bertz CT molecular complexity index is 986. The van der Waals surface area contributed by atoms with Crippen molar-refractivity contribution in [1.82, 2.24) is 10.3 Å². The van der Waals surface area contributed by atoms with Crippen LogP contribution in [0.5, 0.6) is 17.2 Å². The van der Waals surface area contributed by atoms with Crippen LogP contribution in [0.1, 0.15) is 22.3 Å². The second-order valence-corrected chi connectivity index (χ2v) is 7.18. The molecule has 3 aromatic rings. The number of hydrogen-bond donors (Lipinski definition) is 1. The van der Waals surface area contributed by atoms with Gasteiger partial charge in [0.2, 0.25) is 0 Å². The summed E-state index contributed by atoms with van der Waals surface area (Å²) in [6, 6.07) is 24.0. The van der Waals surface area contributed by atoms with E-state index in [2.05, 4.69) is 15.4 Å². The van der Waals surface area contributed by atoms with Crippen molar-refractivity contribution in [3.63, 3.8) is 0 Å². The number of rotatable bonds is 10. The number of hydrogen-bond acceptors (Lipinski definition) is 5. The van der Waals surface area contributed by atoms with Gasteiger partial charge in [0.05, 0.1) is 18.4 Å². The fraction of sp³-hybridized carbons (Fsp3) is 0.200. The van der Waals surface area contributed by atoms with Crippen LogP contribution in [0.4, 0.5) is 0 Å². The number of ether oxygens (including phenoxy) is 2. The maximum absolute atomic E-state index is 12.6. The second kappa shape index (κ2) is 11.5. The predicted octanol–water partition coefficient (Wildman–Crippen LogP) is 4.57. The molecule has 160 valence electrons. The topological polar surface area (TPSA) is 63.2 Å². The minimum Gasteiger partial charge on any atom is -0.494 e. The smallest absolute Gasteiger partial charge is 0.275 e. The van der Waals surface area contributed by atoms with Crippen molar-refractivity contribution in [1.29, 1.82) is 0 Å². The Hall–Kier alpha value is -3.64. The van der Waals surface area contributed by atoms with Gasteiger partial charge in [-0.1, -0.05) is 30.3 Å². The van der Waals surface area contributed by atoms with Gasteiger partial charge in [-0.2, -0.15) is 5.10 Å². The molecule has 0 saturated heterocycles. The fourth-order valence-electron chi connectivity index (χ4n) is 2.81. The Balaban J connectivity index is 1.54. The molecule has 0 aliphatic rings. The van der Waals surface area contributed by atoms with Crippen LogP contribution in [0.15, 0.2) is 84.0 Å². The molecule has 0 bridgehead atoms. The summed E-state index contributed by atoms with van der Waals surface area (Å²) in [5.41, 5.74) is 3.82. The molecular formula is C25H27N3O3. The summed E-state index contributed by atoms with van der Waals surface area (Å²) in [5, 5.41) is 4.06. The van der Waals surface area contributed by atoms with Crippen molar-refractivity contribution < 1.29 is 14.3 Å². The molecule has 0 aliphatic heterocycles. The zero-order valence-electron chi connectivity index (χ0n) is 17.8. The molecule has 0 saturated carbocycles. The van der Waals surface area contributed by atoms with Crippen LogP contribution in [-0.4, -0.2) is 44.3 Å². The van der Waals surface area contributed by atoms with Gasteiger partial charge in [0, 0.05) is 6.54 Å². The summed E-state index contributed by atoms with van der Waals surface area (Å²) in [7, 11) is 4.09. The Morgan fingerprint density at radius 1 is 0.935 bits per heavy atom. The van der Waals surface area contributed by atoms with Crippen LogP contribution in [0.3, 0.4) is 0 Å². The zero-order chi connectivity index (χ0) is 21.9. The Kier molecular flexibility index (Phi) is 8.20. The minimum absolute atomic E-state index is 0.344. The first-order valence-electron chi connectivity index (χ1n) is 10.1. The zero-order valence-corrected chi connectivity index (χ0v) is 17.8. The monoisotopic (exact) mass is 417 g/mol. The van der Waals surface area contributed by atoms with E-state index in [0.29, 0.717) is 23.7 Å². The molecule has 0 radical (unpaired) electrons. The summed E-state index contributed by atoms with van der Waals surface area (Å²) in [6.07, 6.45) is 2.56. The average Bonchev–Trinajstić information content (AvgIpc) is 2.78. The van der Waals surface area contributed by atoms with Crippen LogP contribution >= 0.6 is 0 Å². The molecular weight excluding hydrogens is 390 g/mol. The van der Waals surface area contributed by atoms with Gasteiger partial charge in [0.25, 0.3) is 5.91 Å². The van der Waals surface area contributed by atoms with Crippen LogP contribution in [0.25, 0.3) is 0 Å². The van der Waals surface area contributed by atoms with E-state index >= 15 is 0 Å². The molecule has 0 unspecified atom stereocenters. The van der Waals surface area contributed by atoms with Gasteiger partial charge >= 0.3 is 0 Å². The SMILES string of the molecule is CN(C)CCCOc1ccc(C=NNC(=O)c2ccccc2Oc2ccccc2)cc1. The molecule has 0 aromatic heterocycles. The Labute approximate surface area is 183 Å². The van der Waals surface area contributed by atoms with Gasteiger partial charge in [0.1, 0.15) is 17.2 Å². The van der Waals surface area contributed by atoms with Crippen molar-refractivity contribution in [2.45, 2.75) is 6.42 Å². The van der Waals surface area contributed by atoms with Crippen molar-refractivity contribution in [3.8, 4) is 17.2 Å². The molecule has 0 aliphatic carbocycles. The molecule has 0 spiro atoms. The molecule has 6 heteroatoms. The van der Waals surface area contributed by atoms with Gasteiger partial charge < -0.3 is 14.4 Å². The molecule has 3 rings (SSSR count). The van der Waals surface area contributed by atoms with E-state index < -0.39 is 0 Å². The molecule has 31 heavy (non-hydrogen) atoms. The van der Waals surface area contributed by atoms with E-state index in [-0.39, 0.29) is 5.91 Å².